The van der Waals surface area contributed by atoms with Crippen LogP contribution < -0.4 is 0 Å². The summed E-state index contributed by atoms with van der Waals surface area (Å²) in [4.78, 5) is 0. The van der Waals surface area contributed by atoms with E-state index in [4.69, 9.17) is 14.2 Å². The van der Waals surface area contributed by atoms with E-state index in [0.717, 1.165) is 13.0 Å². The molecule has 0 saturated carbocycles. The van der Waals surface area contributed by atoms with Gasteiger partial charge in [-0.05, 0) is 20.3 Å². The van der Waals surface area contributed by atoms with Crippen LogP contribution in [0.3, 0.4) is 0 Å². The standard InChI is InChI=1S/C9H16O3/c1-6(2)12-8-5-11-9-7(8)3-4-10-9/h6-9H,3-5H2,1-2H3/t7-,8+,9+/m0/s1. The molecule has 3 heteroatoms. The molecule has 2 aliphatic rings. The lowest BCUT2D eigenvalue weighted by atomic mass is 10.0. The fraction of sp³-hybridized carbons (Fsp3) is 1.00. The highest BCUT2D eigenvalue weighted by atomic mass is 16.7. The molecular formula is C9H16O3. The van der Waals surface area contributed by atoms with Gasteiger partial charge in [0.25, 0.3) is 0 Å². The van der Waals surface area contributed by atoms with Gasteiger partial charge in [-0.15, -0.1) is 0 Å². The Balaban J connectivity index is 1.91. The van der Waals surface area contributed by atoms with E-state index in [-0.39, 0.29) is 18.5 Å². The van der Waals surface area contributed by atoms with Crippen LogP contribution in [-0.4, -0.2) is 31.7 Å². The third kappa shape index (κ3) is 1.49. The average molecular weight is 172 g/mol. The number of hydrogen-bond acceptors (Lipinski definition) is 3. The minimum atomic E-state index is 0.0220. The Bertz CT molecular complexity index is 158. The number of hydrogen-bond donors (Lipinski definition) is 0. The molecule has 0 aromatic heterocycles. The molecule has 2 rings (SSSR count). The molecule has 0 unspecified atom stereocenters. The molecule has 0 bridgehead atoms. The van der Waals surface area contributed by atoms with E-state index in [9.17, 15) is 0 Å². The Morgan fingerprint density at radius 2 is 2.17 bits per heavy atom. The second kappa shape index (κ2) is 3.32. The molecule has 2 fully saturated rings. The van der Waals surface area contributed by atoms with Crippen LogP contribution in [0.15, 0.2) is 0 Å². The van der Waals surface area contributed by atoms with Crippen LogP contribution >= 0.6 is 0 Å². The number of ether oxygens (including phenoxy) is 3. The highest BCUT2D eigenvalue weighted by molar-refractivity contribution is 4.83. The first-order chi connectivity index (χ1) is 5.77. The van der Waals surface area contributed by atoms with Crippen molar-refractivity contribution in [3.8, 4) is 0 Å². The van der Waals surface area contributed by atoms with Gasteiger partial charge in [0, 0.05) is 5.92 Å². The summed E-state index contributed by atoms with van der Waals surface area (Å²) in [5.74, 6) is 0.479. The quantitative estimate of drug-likeness (QED) is 0.626. The van der Waals surface area contributed by atoms with Crippen LogP contribution in [0.2, 0.25) is 0 Å². The molecule has 0 aromatic rings. The summed E-state index contributed by atoms with van der Waals surface area (Å²) >= 11 is 0. The third-order valence-electron chi connectivity index (χ3n) is 2.43. The molecule has 12 heavy (non-hydrogen) atoms. The van der Waals surface area contributed by atoms with Crippen molar-refractivity contribution in [1.82, 2.24) is 0 Å². The van der Waals surface area contributed by atoms with Gasteiger partial charge >= 0.3 is 0 Å². The fourth-order valence-electron chi connectivity index (χ4n) is 1.92. The molecule has 0 aromatic carbocycles. The summed E-state index contributed by atoms with van der Waals surface area (Å²) in [6.07, 6.45) is 1.66. The molecule has 70 valence electrons. The maximum Gasteiger partial charge on any atom is 0.163 e. The van der Waals surface area contributed by atoms with Gasteiger partial charge in [-0.1, -0.05) is 0 Å². The molecule has 0 amide bonds. The zero-order valence-corrected chi connectivity index (χ0v) is 7.66. The Hall–Kier alpha value is -0.120. The van der Waals surface area contributed by atoms with Crippen molar-refractivity contribution in [2.45, 2.75) is 38.8 Å². The van der Waals surface area contributed by atoms with Crippen LogP contribution in [0.4, 0.5) is 0 Å². The first-order valence-electron chi connectivity index (χ1n) is 4.66. The molecule has 0 spiro atoms. The van der Waals surface area contributed by atoms with E-state index in [0.29, 0.717) is 12.5 Å². The highest BCUT2D eigenvalue weighted by Gasteiger charge is 2.42. The molecular weight excluding hydrogens is 156 g/mol. The normalized spacial score (nSPS) is 40.8. The van der Waals surface area contributed by atoms with E-state index >= 15 is 0 Å². The minimum absolute atomic E-state index is 0.0220. The van der Waals surface area contributed by atoms with Gasteiger partial charge in [-0.2, -0.15) is 0 Å². The summed E-state index contributed by atoms with van der Waals surface area (Å²) in [5.41, 5.74) is 0. The molecule has 0 N–H and O–H groups in total. The first kappa shape index (κ1) is 8.48. The Morgan fingerprint density at radius 1 is 1.33 bits per heavy atom. The molecule has 2 aliphatic heterocycles. The smallest absolute Gasteiger partial charge is 0.163 e. The van der Waals surface area contributed by atoms with Crippen molar-refractivity contribution in [2.24, 2.45) is 5.92 Å². The Morgan fingerprint density at radius 3 is 2.92 bits per heavy atom. The third-order valence-corrected chi connectivity index (χ3v) is 2.43. The van der Waals surface area contributed by atoms with Crippen molar-refractivity contribution in [2.75, 3.05) is 13.2 Å². The topological polar surface area (TPSA) is 27.7 Å². The average Bonchev–Trinajstić information content (AvgIpc) is 2.52. The van der Waals surface area contributed by atoms with E-state index in [1.165, 1.54) is 0 Å². The molecule has 2 saturated heterocycles. The monoisotopic (exact) mass is 172 g/mol. The van der Waals surface area contributed by atoms with Crippen LogP contribution in [0.5, 0.6) is 0 Å². The van der Waals surface area contributed by atoms with Gasteiger partial charge in [0.15, 0.2) is 6.29 Å². The van der Waals surface area contributed by atoms with Gasteiger partial charge in [-0.3, -0.25) is 0 Å². The SMILES string of the molecule is CC(C)O[C@@H]1CO[C@H]2OCC[C@H]21. The minimum Gasteiger partial charge on any atom is -0.373 e. The summed E-state index contributed by atoms with van der Waals surface area (Å²) in [5, 5.41) is 0. The van der Waals surface area contributed by atoms with Gasteiger partial charge in [-0.25, -0.2) is 0 Å². The van der Waals surface area contributed by atoms with Gasteiger partial charge < -0.3 is 14.2 Å². The first-order valence-corrected chi connectivity index (χ1v) is 4.66. The van der Waals surface area contributed by atoms with Gasteiger partial charge in [0.05, 0.1) is 25.4 Å². The lowest BCUT2D eigenvalue weighted by molar-refractivity contribution is -0.0911. The van der Waals surface area contributed by atoms with Crippen LogP contribution in [0.25, 0.3) is 0 Å². The van der Waals surface area contributed by atoms with Crippen molar-refractivity contribution in [3.63, 3.8) is 0 Å². The molecule has 3 nitrogen and oxygen atoms in total. The second-order valence-electron chi connectivity index (χ2n) is 3.75. The number of rotatable bonds is 2. The summed E-state index contributed by atoms with van der Waals surface area (Å²) in [6.45, 7) is 5.65. The van der Waals surface area contributed by atoms with E-state index in [1.54, 1.807) is 0 Å². The Labute approximate surface area is 73.0 Å². The Kier molecular flexibility index (Phi) is 2.35. The van der Waals surface area contributed by atoms with E-state index in [1.807, 2.05) is 0 Å². The van der Waals surface area contributed by atoms with Crippen LogP contribution in [-0.2, 0) is 14.2 Å². The summed E-state index contributed by atoms with van der Waals surface area (Å²) < 4.78 is 16.5. The molecule has 0 aliphatic carbocycles. The summed E-state index contributed by atoms with van der Waals surface area (Å²) in [7, 11) is 0. The van der Waals surface area contributed by atoms with E-state index < -0.39 is 0 Å². The predicted molar refractivity (Wildman–Crippen MR) is 43.8 cm³/mol. The molecule has 0 radical (unpaired) electrons. The van der Waals surface area contributed by atoms with Gasteiger partial charge in [0.1, 0.15) is 0 Å². The lowest BCUT2D eigenvalue weighted by Gasteiger charge is -2.18. The molecule has 3 atom stereocenters. The van der Waals surface area contributed by atoms with E-state index in [2.05, 4.69) is 13.8 Å². The highest BCUT2D eigenvalue weighted by Crippen LogP contribution is 2.33. The van der Waals surface area contributed by atoms with Crippen molar-refractivity contribution < 1.29 is 14.2 Å². The van der Waals surface area contributed by atoms with Crippen LogP contribution in [0, 0.1) is 5.92 Å². The fourth-order valence-corrected chi connectivity index (χ4v) is 1.92. The number of fused-ring (bicyclic) bond motifs is 1. The lowest BCUT2D eigenvalue weighted by Crippen LogP contribution is -2.26. The van der Waals surface area contributed by atoms with Crippen LogP contribution in [0.1, 0.15) is 20.3 Å². The second-order valence-corrected chi connectivity index (χ2v) is 3.75. The predicted octanol–water partition coefficient (Wildman–Crippen LogP) is 1.17. The zero-order valence-electron chi connectivity index (χ0n) is 7.66. The largest absolute Gasteiger partial charge is 0.373 e. The maximum atomic E-state index is 5.72. The maximum absolute atomic E-state index is 5.72. The van der Waals surface area contributed by atoms with Crippen molar-refractivity contribution >= 4 is 0 Å². The van der Waals surface area contributed by atoms with Crippen molar-refractivity contribution in [1.29, 1.82) is 0 Å². The summed E-state index contributed by atoms with van der Waals surface area (Å²) in [6, 6.07) is 0. The molecule has 2 heterocycles. The van der Waals surface area contributed by atoms with Gasteiger partial charge in [0.2, 0.25) is 0 Å². The van der Waals surface area contributed by atoms with Crippen molar-refractivity contribution in [3.05, 3.63) is 0 Å². The zero-order chi connectivity index (χ0) is 8.55.